The van der Waals surface area contributed by atoms with Crippen LogP contribution in [0, 0.1) is 6.92 Å². The molecule has 84 valence electrons. The van der Waals surface area contributed by atoms with Crippen LogP contribution in [-0.2, 0) is 12.8 Å². The Labute approximate surface area is 99.7 Å². The third-order valence-electron chi connectivity index (χ3n) is 2.58. The number of aryl methyl sites for hydroxylation is 2. The fraction of sp³-hybridized carbons (Fsp3) is 0.250. The van der Waals surface area contributed by atoms with E-state index in [-0.39, 0.29) is 0 Å². The van der Waals surface area contributed by atoms with Gasteiger partial charge in [-0.2, -0.15) is 0 Å². The summed E-state index contributed by atoms with van der Waals surface area (Å²) >= 11 is 1.75. The van der Waals surface area contributed by atoms with Gasteiger partial charge in [-0.05, 0) is 18.6 Å². The van der Waals surface area contributed by atoms with Crippen LogP contribution in [0.15, 0.2) is 35.6 Å². The van der Waals surface area contributed by atoms with Crippen molar-refractivity contribution in [2.45, 2.75) is 17.6 Å². The van der Waals surface area contributed by atoms with Gasteiger partial charge in [-0.1, -0.05) is 12.1 Å². The molecular weight excluding hydrogens is 218 g/mol. The molecule has 1 heterocycles. The standard InChI is InChI=1S/C12H15N3S/c1-9-4-3-5-11(12(9)13)16-7-10-6-14-8-15(10)2/h3-6,8H,7,13H2,1-2H3. The van der Waals surface area contributed by atoms with E-state index in [2.05, 4.69) is 11.1 Å². The second-order valence-electron chi connectivity index (χ2n) is 3.77. The third-order valence-corrected chi connectivity index (χ3v) is 3.68. The topological polar surface area (TPSA) is 43.8 Å². The average Bonchev–Trinajstić information content (AvgIpc) is 2.67. The highest BCUT2D eigenvalue weighted by atomic mass is 32.2. The lowest BCUT2D eigenvalue weighted by molar-refractivity contribution is 0.867. The number of thioether (sulfide) groups is 1. The number of imidazole rings is 1. The number of nitrogen functional groups attached to an aromatic ring is 1. The Morgan fingerprint density at radius 2 is 2.25 bits per heavy atom. The summed E-state index contributed by atoms with van der Waals surface area (Å²) in [4.78, 5) is 5.23. The van der Waals surface area contributed by atoms with E-state index >= 15 is 0 Å². The molecule has 0 aliphatic carbocycles. The maximum atomic E-state index is 6.02. The van der Waals surface area contributed by atoms with Crippen molar-refractivity contribution in [3.63, 3.8) is 0 Å². The van der Waals surface area contributed by atoms with Crippen LogP contribution in [0.4, 0.5) is 5.69 Å². The minimum Gasteiger partial charge on any atom is -0.398 e. The van der Waals surface area contributed by atoms with Crippen LogP contribution in [-0.4, -0.2) is 9.55 Å². The van der Waals surface area contributed by atoms with E-state index in [0.29, 0.717) is 0 Å². The van der Waals surface area contributed by atoms with Crippen molar-refractivity contribution in [3.05, 3.63) is 42.0 Å². The number of anilines is 1. The zero-order chi connectivity index (χ0) is 11.5. The molecule has 1 aromatic carbocycles. The van der Waals surface area contributed by atoms with Crippen LogP contribution in [0.1, 0.15) is 11.3 Å². The SMILES string of the molecule is Cc1cccc(SCc2cncn2C)c1N. The van der Waals surface area contributed by atoms with Gasteiger partial charge < -0.3 is 10.3 Å². The van der Waals surface area contributed by atoms with E-state index in [0.717, 1.165) is 21.9 Å². The number of nitrogens with zero attached hydrogens (tertiary/aromatic N) is 2. The average molecular weight is 233 g/mol. The summed E-state index contributed by atoms with van der Waals surface area (Å²) in [6.07, 6.45) is 3.70. The Bertz CT molecular complexity index is 491. The van der Waals surface area contributed by atoms with Gasteiger partial charge in [0.1, 0.15) is 0 Å². The molecule has 2 N–H and O–H groups in total. The molecule has 1 aromatic heterocycles. The lowest BCUT2D eigenvalue weighted by atomic mass is 10.2. The van der Waals surface area contributed by atoms with Crippen molar-refractivity contribution in [1.82, 2.24) is 9.55 Å². The normalized spacial score (nSPS) is 10.6. The molecule has 0 saturated carbocycles. The first-order valence-electron chi connectivity index (χ1n) is 5.11. The van der Waals surface area contributed by atoms with Crippen molar-refractivity contribution >= 4 is 17.4 Å². The molecule has 3 nitrogen and oxygen atoms in total. The van der Waals surface area contributed by atoms with Gasteiger partial charge in [-0.15, -0.1) is 11.8 Å². The Hall–Kier alpha value is -1.42. The van der Waals surface area contributed by atoms with E-state index in [9.17, 15) is 0 Å². The quantitative estimate of drug-likeness (QED) is 0.654. The van der Waals surface area contributed by atoms with Crippen molar-refractivity contribution in [3.8, 4) is 0 Å². The highest BCUT2D eigenvalue weighted by Gasteiger charge is 2.04. The summed E-state index contributed by atoms with van der Waals surface area (Å²) < 4.78 is 2.03. The van der Waals surface area contributed by atoms with Gasteiger partial charge >= 0.3 is 0 Å². The van der Waals surface area contributed by atoms with Crippen molar-refractivity contribution in [2.24, 2.45) is 7.05 Å². The first-order chi connectivity index (χ1) is 7.68. The van der Waals surface area contributed by atoms with Crippen LogP contribution in [0.2, 0.25) is 0 Å². The molecule has 0 bridgehead atoms. The molecular formula is C12H15N3S. The Balaban J connectivity index is 2.11. The van der Waals surface area contributed by atoms with Crippen molar-refractivity contribution in [1.29, 1.82) is 0 Å². The molecule has 0 amide bonds. The van der Waals surface area contributed by atoms with Gasteiger partial charge in [-0.25, -0.2) is 4.98 Å². The van der Waals surface area contributed by atoms with Gasteiger partial charge in [0.15, 0.2) is 0 Å². The zero-order valence-corrected chi connectivity index (χ0v) is 10.3. The van der Waals surface area contributed by atoms with E-state index in [1.807, 2.05) is 43.2 Å². The fourth-order valence-corrected chi connectivity index (χ4v) is 2.53. The second kappa shape index (κ2) is 4.61. The molecule has 0 saturated heterocycles. The number of rotatable bonds is 3. The Morgan fingerprint density at radius 1 is 1.44 bits per heavy atom. The Kier molecular flexibility index (Phi) is 3.19. The molecule has 4 heteroatoms. The van der Waals surface area contributed by atoms with Gasteiger partial charge in [0, 0.05) is 35.3 Å². The first kappa shape index (κ1) is 11.1. The summed E-state index contributed by atoms with van der Waals surface area (Å²) in [6.45, 7) is 2.03. The van der Waals surface area contributed by atoms with Crippen LogP contribution in [0.25, 0.3) is 0 Å². The second-order valence-corrected chi connectivity index (χ2v) is 4.79. The predicted octanol–water partition coefficient (Wildman–Crippen LogP) is 2.60. The molecule has 0 fully saturated rings. The van der Waals surface area contributed by atoms with Crippen LogP contribution in [0.5, 0.6) is 0 Å². The van der Waals surface area contributed by atoms with Gasteiger partial charge in [-0.3, -0.25) is 0 Å². The summed E-state index contributed by atoms with van der Waals surface area (Å²) in [5, 5.41) is 0. The molecule has 0 radical (unpaired) electrons. The van der Waals surface area contributed by atoms with Gasteiger partial charge in [0.05, 0.1) is 6.33 Å². The van der Waals surface area contributed by atoms with Gasteiger partial charge in [0.25, 0.3) is 0 Å². The van der Waals surface area contributed by atoms with Gasteiger partial charge in [0.2, 0.25) is 0 Å². The van der Waals surface area contributed by atoms with E-state index in [1.54, 1.807) is 11.8 Å². The molecule has 2 rings (SSSR count). The zero-order valence-electron chi connectivity index (χ0n) is 9.47. The molecule has 0 aliphatic heterocycles. The Morgan fingerprint density at radius 3 is 2.94 bits per heavy atom. The highest BCUT2D eigenvalue weighted by Crippen LogP contribution is 2.29. The van der Waals surface area contributed by atoms with Crippen molar-refractivity contribution < 1.29 is 0 Å². The highest BCUT2D eigenvalue weighted by molar-refractivity contribution is 7.98. The minimum atomic E-state index is 0.884. The largest absolute Gasteiger partial charge is 0.398 e. The summed E-state index contributed by atoms with van der Waals surface area (Å²) in [7, 11) is 2.00. The van der Waals surface area contributed by atoms with Crippen LogP contribution in [0.3, 0.4) is 0 Å². The molecule has 0 spiro atoms. The smallest absolute Gasteiger partial charge is 0.0945 e. The summed E-state index contributed by atoms with van der Waals surface area (Å²) in [5.41, 5.74) is 9.23. The molecule has 0 unspecified atom stereocenters. The maximum Gasteiger partial charge on any atom is 0.0945 e. The fourth-order valence-electron chi connectivity index (χ4n) is 1.45. The molecule has 2 aromatic rings. The summed E-state index contributed by atoms with van der Waals surface area (Å²) in [6, 6.07) is 6.13. The van der Waals surface area contributed by atoms with Crippen LogP contribution < -0.4 is 5.73 Å². The molecule has 0 atom stereocenters. The third kappa shape index (κ3) is 2.22. The lowest BCUT2D eigenvalue weighted by Gasteiger charge is -2.07. The van der Waals surface area contributed by atoms with Crippen molar-refractivity contribution in [2.75, 3.05) is 5.73 Å². The molecule has 0 aliphatic rings. The molecule has 16 heavy (non-hydrogen) atoms. The number of hydrogen-bond acceptors (Lipinski definition) is 3. The number of hydrogen-bond donors (Lipinski definition) is 1. The number of para-hydroxylation sites is 1. The number of nitrogens with two attached hydrogens (primary N) is 1. The van der Waals surface area contributed by atoms with E-state index in [4.69, 9.17) is 5.73 Å². The summed E-state index contributed by atoms with van der Waals surface area (Å²) in [5.74, 6) is 0.893. The predicted molar refractivity (Wildman–Crippen MR) is 68.4 cm³/mol. The lowest BCUT2D eigenvalue weighted by Crippen LogP contribution is -1.95. The van der Waals surface area contributed by atoms with Crippen LogP contribution >= 0.6 is 11.8 Å². The minimum absolute atomic E-state index is 0.884. The number of aromatic nitrogens is 2. The van der Waals surface area contributed by atoms with E-state index < -0.39 is 0 Å². The number of benzene rings is 1. The monoisotopic (exact) mass is 233 g/mol. The van der Waals surface area contributed by atoms with E-state index in [1.165, 1.54) is 5.69 Å². The first-order valence-corrected chi connectivity index (χ1v) is 6.10. The maximum absolute atomic E-state index is 6.02.